The lowest BCUT2D eigenvalue weighted by atomic mass is 10.2. The first-order valence-electron chi connectivity index (χ1n) is 8.06. The van der Waals surface area contributed by atoms with Gasteiger partial charge in [-0.3, -0.25) is 4.79 Å². The Labute approximate surface area is 142 Å². The SMILES string of the molecule is CCOc1ccc(OCC)c(NCC(=O)NC2CCS(=O)(=O)C2)c1. The second-order valence-electron chi connectivity index (χ2n) is 5.55. The molecule has 2 rings (SSSR count). The van der Waals surface area contributed by atoms with E-state index in [0.717, 1.165) is 0 Å². The summed E-state index contributed by atoms with van der Waals surface area (Å²) < 4.78 is 33.8. The Morgan fingerprint density at radius 2 is 2.00 bits per heavy atom. The molecule has 0 spiro atoms. The molecule has 0 radical (unpaired) electrons. The van der Waals surface area contributed by atoms with E-state index in [9.17, 15) is 13.2 Å². The zero-order valence-electron chi connectivity index (χ0n) is 14.0. The summed E-state index contributed by atoms with van der Waals surface area (Å²) in [7, 11) is -3.01. The fourth-order valence-corrected chi connectivity index (χ4v) is 4.22. The van der Waals surface area contributed by atoms with Gasteiger partial charge in [0.15, 0.2) is 9.84 Å². The number of nitrogens with one attached hydrogen (secondary N) is 2. The molecule has 0 aromatic heterocycles. The molecule has 7 nitrogen and oxygen atoms in total. The van der Waals surface area contributed by atoms with Crippen molar-refractivity contribution in [2.75, 3.05) is 36.6 Å². The number of carbonyl (C=O) groups excluding carboxylic acids is 1. The number of rotatable bonds is 8. The van der Waals surface area contributed by atoms with Crippen LogP contribution in [0, 0.1) is 0 Å². The molecule has 1 aliphatic heterocycles. The number of benzene rings is 1. The van der Waals surface area contributed by atoms with E-state index in [2.05, 4.69) is 10.6 Å². The van der Waals surface area contributed by atoms with Crippen LogP contribution in [0.25, 0.3) is 0 Å². The Hall–Kier alpha value is -1.96. The molecule has 1 saturated heterocycles. The highest BCUT2D eigenvalue weighted by molar-refractivity contribution is 7.91. The Bertz CT molecular complexity index is 675. The van der Waals surface area contributed by atoms with Gasteiger partial charge in [-0.1, -0.05) is 0 Å². The zero-order valence-corrected chi connectivity index (χ0v) is 14.8. The van der Waals surface area contributed by atoms with Crippen molar-refractivity contribution >= 4 is 21.4 Å². The van der Waals surface area contributed by atoms with Gasteiger partial charge in [0.1, 0.15) is 11.5 Å². The number of hydrogen-bond donors (Lipinski definition) is 2. The molecule has 1 unspecified atom stereocenters. The van der Waals surface area contributed by atoms with E-state index < -0.39 is 9.84 Å². The first-order chi connectivity index (χ1) is 11.4. The quantitative estimate of drug-likeness (QED) is 0.727. The highest BCUT2D eigenvalue weighted by atomic mass is 32.2. The second-order valence-corrected chi connectivity index (χ2v) is 7.77. The number of sulfone groups is 1. The van der Waals surface area contributed by atoms with E-state index in [1.165, 1.54) is 0 Å². The van der Waals surface area contributed by atoms with Gasteiger partial charge in [0, 0.05) is 12.1 Å². The van der Waals surface area contributed by atoms with Gasteiger partial charge in [0.05, 0.1) is 37.0 Å². The molecule has 0 bridgehead atoms. The number of amides is 1. The molecule has 24 heavy (non-hydrogen) atoms. The fraction of sp³-hybridized carbons (Fsp3) is 0.562. The first-order valence-corrected chi connectivity index (χ1v) is 9.89. The van der Waals surface area contributed by atoms with Crippen LogP contribution in [0.3, 0.4) is 0 Å². The van der Waals surface area contributed by atoms with Crippen LogP contribution in [0.5, 0.6) is 11.5 Å². The summed E-state index contributed by atoms with van der Waals surface area (Å²) in [4.78, 5) is 12.0. The summed E-state index contributed by atoms with van der Waals surface area (Å²) in [6, 6.07) is 5.08. The minimum Gasteiger partial charge on any atom is -0.494 e. The molecule has 8 heteroatoms. The first kappa shape index (κ1) is 18.4. The smallest absolute Gasteiger partial charge is 0.239 e. The summed E-state index contributed by atoms with van der Waals surface area (Å²) in [5.41, 5.74) is 0.664. The van der Waals surface area contributed by atoms with Crippen LogP contribution in [0.1, 0.15) is 20.3 Å². The molecule has 0 aliphatic carbocycles. The monoisotopic (exact) mass is 356 g/mol. The number of hydrogen-bond acceptors (Lipinski definition) is 6. The molecule has 2 N–H and O–H groups in total. The van der Waals surface area contributed by atoms with Crippen molar-refractivity contribution in [3.63, 3.8) is 0 Å². The summed E-state index contributed by atoms with van der Waals surface area (Å²) in [5, 5.41) is 5.77. The van der Waals surface area contributed by atoms with Crippen LogP contribution in [-0.4, -0.2) is 51.6 Å². The van der Waals surface area contributed by atoms with Crippen LogP contribution >= 0.6 is 0 Å². The van der Waals surface area contributed by atoms with Gasteiger partial charge < -0.3 is 20.1 Å². The maximum Gasteiger partial charge on any atom is 0.239 e. The van der Waals surface area contributed by atoms with Gasteiger partial charge in [-0.05, 0) is 32.4 Å². The lowest BCUT2D eigenvalue weighted by molar-refractivity contribution is -0.119. The Kier molecular flexibility index (Phi) is 6.30. The van der Waals surface area contributed by atoms with Gasteiger partial charge in [-0.25, -0.2) is 8.42 Å². The highest BCUT2D eigenvalue weighted by Crippen LogP contribution is 2.29. The lowest BCUT2D eigenvalue weighted by Gasteiger charge is -2.15. The number of carbonyl (C=O) groups is 1. The summed E-state index contributed by atoms with van der Waals surface area (Å²) >= 11 is 0. The summed E-state index contributed by atoms with van der Waals surface area (Å²) in [5.74, 6) is 1.23. The van der Waals surface area contributed by atoms with E-state index in [1.807, 2.05) is 19.9 Å². The van der Waals surface area contributed by atoms with Crippen LogP contribution < -0.4 is 20.1 Å². The molecule has 134 valence electrons. The van der Waals surface area contributed by atoms with Crippen LogP contribution in [0.15, 0.2) is 18.2 Å². The predicted octanol–water partition coefficient (Wildman–Crippen LogP) is 1.20. The molecule has 0 saturated carbocycles. The van der Waals surface area contributed by atoms with Gasteiger partial charge >= 0.3 is 0 Å². The minimum atomic E-state index is -3.01. The van der Waals surface area contributed by atoms with Crippen LogP contribution in [0.2, 0.25) is 0 Å². The largest absolute Gasteiger partial charge is 0.494 e. The molecule has 1 aromatic carbocycles. The minimum absolute atomic E-state index is 0.0166. The predicted molar refractivity (Wildman–Crippen MR) is 92.5 cm³/mol. The molecule has 1 amide bonds. The molecule has 1 heterocycles. The van der Waals surface area contributed by atoms with Gasteiger partial charge in [-0.15, -0.1) is 0 Å². The van der Waals surface area contributed by atoms with Crippen molar-refractivity contribution in [1.29, 1.82) is 0 Å². The average Bonchev–Trinajstić information content (AvgIpc) is 2.86. The van der Waals surface area contributed by atoms with Crippen LogP contribution in [0.4, 0.5) is 5.69 Å². The highest BCUT2D eigenvalue weighted by Gasteiger charge is 2.28. The van der Waals surface area contributed by atoms with Crippen molar-refractivity contribution in [2.45, 2.75) is 26.3 Å². The third-order valence-electron chi connectivity index (χ3n) is 3.60. The summed E-state index contributed by atoms with van der Waals surface area (Å²) in [6.07, 6.45) is 0.470. The van der Waals surface area contributed by atoms with Gasteiger partial charge in [0.2, 0.25) is 5.91 Å². The molecule has 1 atom stereocenters. The Morgan fingerprint density at radius 1 is 1.25 bits per heavy atom. The molecule has 1 aromatic rings. The van der Waals surface area contributed by atoms with Gasteiger partial charge in [0.25, 0.3) is 0 Å². The van der Waals surface area contributed by atoms with E-state index in [1.54, 1.807) is 12.1 Å². The van der Waals surface area contributed by atoms with Crippen molar-refractivity contribution in [1.82, 2.24) is 5.32 Å². The fourth-order valence-electron chi connectivity index (χ4n) is 2.55. The number of anilines is 1. The lowest BCUT2D eigenvalue weighted by Crippen LogP contribution is -2.39. The maximum atomic E-state index is 12.0. The second kappa shape index (κ2) is 8.23. The van der Waals surface area contributed by atoms with Crippen molar-refractivity contribution in [3.8, 4) is 11.5 Å². The molecular formula is C16H24N2O5S. The molecule has 1 fully saturated rings. The van der Waals surface area contributed by atoms with Crippen molar-refractivity contribution in [3.05, 3.63) is 18.2 Å². The van der Waals surface area contributed by atoms with Gasteiger partial charge in [-0.2, -0.15) is 0 Å². The Balaban J connectivity index is 1.94. The zero-order chi connectivity index (χ0) is 17.6. The third-order valence-corrected chi connectivity index (χ3v) is 5.37. The van der Waals surface area contributed by atoms with E-state index in [4.69, 9.17) is 9.47 Å². The molecule has 1 aliphatic rings. The van der Waals surface area contributed by atoms with E-state index >= 15 is 0 Å². The van der Waals surface area contributed by atoms with Crippen molar-refractivity contribution < 1.29 is 22.7 Å². The summed E-state index contributed by atoms with van der Waals surface area (Å²) in [6.45, 7) is 4.87. The third kappa shape index (κ3) is 5.30. The average molecular weight is 356 g/mol. The van der Waals surface area contributed by atoms with E-state index in [-0.39, 0.29) is 30.0 Å². The van der Waals surface area contributed by atoms with Crippen LogP contribution in [-0.2, 0) is 14.6 Å². The molecular weight excluding hydrogens is 332 g/mol. The Morgan fingerprint density at radius 3 is 2.62 bits per heavy atom. The van der Waals surface area contributed by atoms with Crippen molar-refractivity contribution in [2.24, 2.45) is 0 Å². The normalized spacial score (nSPS) is 18.8. The topological polar surface area (TPSA) is 93.7 Å². The number of ether oxygens (including phenoxy) is 2. The standard InChI is InChI=1S/C16H24N2O5S/c1-3-22-13-5-6-15(23-4-2)14(9-13)17-10-16(19)18-12-7-8-24(20,21)11-12/h5-6,9,12,17H,3-4,7-8,10-11H2,1-2H3,(H,18,19). The van der Waals surface area contributed by atoms with E-state index in [0.29, 0.717) is 36.8 Å². The maximum absolute atomic E-state index is 12.0.